The maximum Gasteiger partial charge on any atom is 0.133 e. The summed E-state index contributed by atoms with van der Waals surface area (Å²) in [5.41, 5.74) is 3.61. The molecule has 3 aromatic rings. The molecule has 0 amide bonds. The van der Waals surface area contributed by atoms with Gasteiger partial charge in [-0.25, -0.2) is 4.98 Å². The molecular formula is C25H32ClN3O2. The molecule has 0 saturated carbocycles. The van der Waals surface area contributed by atoms with Crippen molar-refractivity contribution in [1.82, 2.24) is 10.3 Å². The molecule has 1 aromatic heterocycles. The number of rotatable bonds is 10. The minimum Gasteiger partial charge on any atom is -0.497 e. The van der Waals surface area contributed by atoms with Gasteiger partial charge < -0.3 is 19.7 Å². The fraction of sp³-hybridized carbons (Fsp3) is 0.320. The van der Waals surface area contributed by atoms with E-state index in [1.54, 1.807) is 14.2 Å². The van der Waals surface area contributed by atoms with Crippen LogP contribution >= 0.6 is 12.4 Å². The number of benzene rings is 2. The van der Waals surface area contributed by atoms with Crippen molar-refractivity contribution in [3.8, 4) is 11.5 Å². The first kappa shape index (κ1) is 24.5. The summed E-state index contributed by atoms with van der Waals surface area (Å²) in [6.07, 6.45) is 1.87. The monoisotopic (exact) mass is 441 g/mol. The number of pyridine rings is 1. The molecule has 0 aliphatic rings. The van der Waals surface area contributed by atoms with Gasteiger partial charge in [0.2, 0.25) is 0 Å². The van der Waals surface area contributed by atoms with Crippen molar-refractivity contribution in [2.45, 2.75) is 33.0 Å². The fourth-order valence-electron chi connectivity index (χ4n) is 3.54. The predicted octanol–water partition coefficient (Wildman–Crippen LogP) is 5.40. The number of ether oxygens (including phenoxy) is 2. The Balaban J connectivity index is 0.00000341. The summed E-state index contributed by atoms with van der Waals surface area (Å²) >= 11 is 0. The summed E-state index contributed by atoms with van der Waals surface area (Å²) in [5.74, 6) is 2.72. The molecule has 1 heterocycles. The molecule has 3 rings (SSSR count). The van der Waals surface area contributed by atoms with Gasteiger partial charge in [0.1, 0.15) is 17.3 Å². The topological polar surface area (TPSA) is 46.6 Å². The number of nitrogens with one attached hydrogen (secondary N) is 1. The summed E-state index contributed by atoms with van der Waals surface area (Å²) in [7, 11) is 3.38. The van der Waals surface area contributed by atoms with Crippen molar-refractivity contribution >= 4 is 18.2 Å². The average molecular weight is 442 g/mol. The highest BCUT2D eigenvalue weighted by Gasteiger charge is 2.17. The molecular weight excluding hydrogens is 410 g/mol. The standard InChI is InChI=1S/C25H31N3O2.ClH/c1-5-26-19(2)24-7-6-16-27-25(24)28(17-20-8-12-22(29-3)13-9-20)18-21-10-14-23(30-4)15-11-21;/h6-16,19,26H,5,17-18H2,1-4H3;1H. The lowest BCUT2D eigenvalue weighted by molar-refractivity contribution is 0.414. The van der Waals surface area contributed by atoms with E-state index in [2.05, 4.69) is 54.4 Å². The third-order valence-electron chi connectivity index (χ3n) is 5.16. The molecule has 2 aromatic carbocycles. The molecule has 31 heavy (non-hydrogen) atoms. The second-order valence-electron chi connectivity index (χ2n) is 7.25. The van der Waals surface area contributed by atoms with E-state index in [1.165, 1.54) is 16.7 Å². The first-order valence-electron chi connectivity index (χ1n) is 10.3. The number of aromatic nitrogens is 1. The Kier molecular flexibility index (Phi) is 9.63. The highest BCUT2D eigenvalue weighted by molar-refractivity contribution is 5.85. The molecule has 0 spiro atoms. The number of hydrogen-bond acceptors (Lipinski definition) is 5. The van der Waals surface area contributed by atoms with E-state index in [4.69, 9.17) is 14.5 Å². The number of halogens is 1. The van der Waals surface area contributed by atoms with Crippen LogP contribution in [0.3, 0.4) is 0 Å². The van der Waals surface area contributed by atoms with Gasteiger partial charge in [-0.2, -0.15) is 0 Å². The Morgan fingerprint density at radius 2 is 1.39 bits per heavy atom. The van der Waals surface area contributed by atoms with Crippen LogP contribution in [0.25, 0.3) is 0 Å². The van der Waals surface area contributed by atoms with E-state index in [0.717, 1.165) is 37.0 Å². The maximum absolute atomic E-state index is 5.31. The van der Waals surface area contributed by atoms with Gasteiger partial charge in [-0.05, 0) is 54.9 Å². The minimum atomic E-state index is 0. The van der Waals surface area contributed by atoms with Crippen LogP contribution in [0.5, 0.6) is 11.5 Å². The average Bonchev–Trinajstić information content (AvgIpc) is 2.80. The normalized spacial score (nSPS) is 11.4. The highest BCUT2D eigenvalue weighted by atomic mass is 35.5. The zero-order chi connectivity index (χ0) is 21.3. The van der Waals surface area contributed by atoms with Crippen LogP contribution in [0.1, 0.15) is 36.6 Å². The lowest BCUT2D eigenvalue weighted by Gasteiger charge is -2.28. The molecule has 1 unspecified atom stereocenters. The van der Waals surface area contributed by atoms with Crippen molar-refractivity contribution in [3.63, 3.8) is 0 Å². The van der Waals surface area contributed by atoms with E-state index in [1.807, 2.05) is 36.5 Å². The molecule has 1 atom stereocenters. The van der Waals surface area contributed by atoms with Gasteiger partial charge in [0.15, 0.2) is 0 Å². The Morgan fingerprint density at radius 3 is 1.84 bits per heavy atom. The molecule has 6 heteroatoms. The quantitative estimate of drug-likeness (QED) is 0.456. The lowest BCUT2D eigenvalue weighted by Crippen LogP contribution is -2.27. The fourth-order valence-corrected chi connectivity index (χ4v) is 3.54. The van der Waals surface area contributed by atoms with Crippen molar-refractivity contribution in [2.24, 2.45) is 0 Å². The van der Waals surface area contributed by atoms with Gasteiger partial charge in [0.25, 0.3) is 0 Å². The van der Waals surface area contributed by atoms with E-state index in [0.29, 0.717) is 0 Å². The first-order chi connectivity index (χ1) is 14.6. The Bertz CT molecular complexity index is 867. The summed E-state index contributed by atoms with van der Waals surface area (Å²) < 4.78 is 10.6. The highest BCUT2D eigenvalue weighted by Crippen LogP contribution is 2.27. The SMILES string of the molecule is CCNC(C)c1cccnc1N(Cc1ccc(OC)cc1)Cc1ccc(OC)cc1.Cl. The zero-order valence-corrected chi connectivity index (χ0v) is 19.5. The van der Waals surface area contributed by atoms with Crippen LogP contribution in [0.2, 0.25) is 0 Å². The number of anilines is 1. The van der Waals surface area contributed by atoms with Crippen molar-refractivity contribution in [3.05, 3.63) is 83.6 Å². The molecule has 0 fully saturated rings. The van der Waals surface area contributed by atoms with Crippen LogP contribution in [-0.4, -0.2) is 25.7 Å². The lowest BCUT2D eigenvalue weighted by atomic mass is 10.1. The van der Waals surface area contributed by atoms with Gasteiger partial charge in [0.05, 0.1) is 14.2 Å². The number of nitrogens with zero attached hydrogens (tertiary/aromatic N) is 2. The van der Waals surface area contributed by atoms with E-state index >= 15 is 0 Å². The Hall–Kier alpha value is -2.76. The summed E-state index contributed by atoms with van der Waals surface area (Å²) in [4.78, 5) is 7.10. The van der Waals surface area contributed by atoms with Crippen molar-refractivity contribution in [2.75, 3.05) is 25.7 Å². The minimum absolute atomic E-state index is 0. The molecule has 0 bridgehead atoms. The molecule has 5 nitrogen and oxygen atoms in total. The van der Waals surface area contributed by atoms with Gasteiger partial charge in [-0.1, -0.05) is 37.3 Å². The van der Waals surface area contributed by atoms with Crippen LogP contribution < -0.4 is 19.7 Å². The molecule has 0 aliphatic heterocycles. The third kappa shape index (κ3) is 6.61. The largest absolute Gasteiger partial charge is 0.497 e. The second-order valence-corrected chi connectivity index (χ2v) is 7.25. The van der Waals surface area contributed by atoms with Crippen molar-refractivity contribution in [1.29, 1.82) is 0 Å². The van der Waals surface area contributed by atoms with Crippen LogP contribution in [-0.2, 0) is 13.1 Å². The summed E-state index contributed by atoms with van der Waals surface area (Å²) in [5, 5.41) is 3.52. The number of methoxy groups -OCH3 is 2. The predicted molar refractivity (Wildman–Crippen MR) is 129 cm³/mol. The van der Waals surface area contributed by atoms with E-state index in [9.17, 15) is 0 Å². The molecule has 166 valence electrons. The van der Waals surface area contributed by atoms with Gasteiger partial charge >= 0.3 is 0 Å². The van der Waals surface area contributed by atoms with Gasteiger partial charge in [-0.3, -0.25) is 0 Å². The zero-order valence-electron chi connectivity index (χ0n) is 18.7. The van der Waals surface area contributed by atoms with E-state index in [-0.39, 0.29) is 18.4 Å². The summed E-state index contributed by atoms with van der Waals surface area (Å²) in [6, 6.07) is 20.8. The van der Waals surface area contributed by atoms with Crippen LogP contribution in [0.4, 0.5) is 5.82 Å². The third-order valence-corrected chi connectivity index (χ3v) is 5.16. The van der Waals surface area contributed by atoms with Crippen LogP contribution in [0, 0.1) is 0 Å². The second kappa shape index (κ2) is 12.2. The van der Waals surface area contributed by atoms with E-state index < -0.39 is 0 Å². The smallest absolute Gasteiger partial charge is 0.133 e. The number of hydrogen-bond donors (Lipinski definition) is 1. The molecule has 0 aliphatic carbocycles. The molecule has 0 saturated heterocycles. The maximum atomic E-state index is 5.31. The Morgan fingerprint density at radius 1 is 0.871 bits per heavy atom. The Labute approximate surface area is 191 Å². The van der Waals surface area contributed by atoms with Gasteiger partial charge in [0, 0.05) is 30.9 Å². The molecule has 1 N–H and O–H groups in total. The molecule has 0 radical (unpaired) electrons. The van der Waals surface area contributed by atoms with Crippen molar-refractivity contribution < 1.29 is 9.47 Å². The van der Waals surface area contributed by atoms with Crippen LogP contribution in [0.15, 0.2) is 66.9 Å². The summed E-state index contributed by atoms with van der Waals surface area (Å²) in [6.45, 7) is 6.71. The first-order valence-corrected chi connectivity index (χ1v) is 10.3. The van der Waals surface area contributed by atoms with Gasteiger partial charge in [-0.15, -0.1) is 12.4 Å².